The van der Waals surface area contributed by atoms with E-state index in [9.17, 15) is 4.79 Å². The minimum Gasteiger partial charge on any atom is -0.478 e. The third-order valence-electron chi connectivity index (χ3n) is 2.41. The summed E-state index contributed by atoms with van der Waals surface area (Å²) >= 11 is 6.06. The number of hydrogen-bond donors (Lipinski definition) is 1. The number of carbonyl (C=O) groups is 1. The van der Waals surface area contributed by atoms with Crippen LogP contribution in [-0.2, 0) is 4.79 Å². The zero-order valence-corrected chi connectivity index (χ0v) is 9.90. The van der Waals surface area contributed by atoms with Gasteiger partial charge in [-0.25, -0.2) is 9.78 Å². The van der Waals surface area contributed by atoms with Crippen LogP contribution in [-0.4, -0.2) is 16.1 Å². The van der Waals surface area contributed by atoms with Crippen molar-refractivity contribution in [2.24, 2.45) is 0 Å². The van der Waals surface area contributed by atoms with E-state index in [4.69, 9.17) is 16.7 Å². The van der Waals surface area contributed by atoms with E-state index in [0.717, 1.165) is 17.0 Å². The molecule has 0 amide bonds. The number of rotatable bonds is 2. The van der Waals surface area contributed by atoms with E-state index in [1.54, 1.807) is 6.07 Å². The molecule has 2 aromatic rings. The topological polar surface area (TPSA) is 50.2 Å². The van der Waals surface area contributed by atoms with Crippen LogP contribution in [0.1, 0.15) is 11.3 Å². The quantitative estimate of drug-likeness (QED) is 0.829. The molecule has 1 N–H and O–H groups in total. The molecule has 1 aromatic carbocycles. The van der Waals surface area contributed by atoms with Gasteiger partial charge in [0.15, 0.2) is 0 Å². The molecule has 0 saturated heterocycles. The average molecular weight is 248 g/mol. The smallest absolute Gasteiger partial charge is 0.328 e. The van der Waals surface area contributed by atoms with Gasteiger partial charge in [-0.3, -0.25) is 0 Å². The summed E-state index contributed by atoms with van der Waals surface area (Å²) in [6.45, 7) is 1.94. The van der Waals surface area contributed by atoms with E-state index in [-0.39, 0.29) is 0 Å². The number of halogens is 1. The van der Waals surface area contributed by atoms with Crippen molar-refractivity contribution in [3.63, 3.8) is 0 Å². The highest BCUT2D eigenvalue weighted by molar-refractivity contribution is 6.35. The second-order valence-electron chi connectivity index (χ2n) is 3.67. The highest BCUT2D eigenvalue weighted by Crippen LogP contribution is 2.24. The Bertz CT molecular complexity index is 620. The summed E-state index contributed by atoms with van der Waals surface area (Å²) in [5.41, 5.74) is 2.30. The second-order valence-corrected chi connectivity index (χ2v) is 4.08. The first kappa shape index (κ1) is 11.6. The maximum absolute atomic E-state index is 10.4. The van der Waals surface area contributed by atoms with Gasteiger partial charge in [0, 0.05) is 11.5 Å². The Kier molecular flexibility index (Phi) is 3.11. The van der Waals surface area contributed by atoms with E-state index in [1.165, 1.54) is 6.08 Å². The molecular weight excluding hydrogens is 238 g/mol. The van der Waals surface area contributed by atoms with Gasteiger partial charge >= 0.3 is 5.97 Å². The van der Waals surface area contributed by atoms with Crippen molar-refractivity contribution in [2.45, 2.75) is 6.92 Å². The van der Waals surface area contributed by atoms with Crippen molar-refractivity contribution in [3.8, 4) is 0 Å². The van der Waals surface area contributed by atoms with Crippen molar-refractivity contribution in [2.75, 3.05) is 0 Å². The number of fused-ring (bicyclic) bond motifs is 1. The SMILES string of the molecule is Cc1cc(/C=C/C(=O)O)nc2c(Cl)cccc12. The molecule has 3 nitrogen and oxygen atoms in total. The molecule has 86 valence electrons. The summed E-state index contributed by atoms with van der Waals surface area (Å²) in [6, 6.07) is 7.40. The van der Waals surface area contributed by atoms with Gasteiger partial charge in [0.05, 0.1) is 16.2 Å². The Labute approximate surface area is 103 Å². The molecule has 1 aromatic heterocycles. The normalized spacial score (nSPS) is 11.2. The van der Waals surface area contributed by atoms with Crippen LogP contribution in [0.15, 0.2) is 30.3 Å². The molecule has 0 bridgehead atoms. The van der Waals surface area contributed by atoms with Crippen LogP contribution in [0.3, 0.4) is 0 Å². The first-order chi connectivity index (χ1) is 8.08. The van der Waals surface area contributed by atoms with E-state index >= 15 is 0 Å². The molecule has 0 saturated carbocycles. The van der Waals surface area contributed by atoms with Gasteiger partial charge in [-0.1, -0.05) is 23.7 Å². The van der Waals surface area contributed by atoms with Crippen molar-refractivity contribution >= 4 is 34.5 Å². The van der Waals surface area contributed by atoms with Crippen LogP contribution in [0.25, 0.3) is 17.0 Å². The zero-order valence-electron chi connectivity index (χ0n) is 9.14. The van der Waals surface area contributed by atoms with E-state index in [1.807, 2.05) is 25.1 Å². The van der Waals surface area contributed by atoms with Gasteiger partial charge in [-0.2, -0.15) is 0 Å². The Balaban J connectivity index is 2.62. The van der Waals surface area contributed by atoms with Crippen LogP contribution >= 0.6 is 11.6 Å². The summed E-state index contributed by atoms with van der Waals surface area (Å²) in [5.74, 6) is -0.997. The largest absolute Gasteiger partial charge is 0.478 e. The maximum atomic E-state index is 10.4. The number of carboxylic acid groups (broad SMARTS) is 1. The minimum atomic E-state index is -0.997. The molecular formula is C13H10ClNO2. The van der Waals surface area contributed by atoms with Crippen LogP contribution in [0.2, 0.25) is 5.02 Å². The van der Waals surface area contributed by atoms with Gasteiger partial charge in [-0.15, -0.1) is 0 Å². The average Bonchev–Trinajstić information content (AvgIpc) is 2.28. The molecule has 0 spiro atoms. The number of hydrogen-bond acceptors (Lipinski definition) is 2. The van der Waals surface area contributed by atoms with Crippen LogP contribution in [0.5, 0.6) is 0 Å². The van der Waals surface area contributed by atoms with Crippen LogP contribution in [0.4, 0.5) is 0 Å². The second kappa shape index (κ2) is 4.55. The zero-order chi connectivity index (χ0) is 12.4. The molecule has 17 heavy (non-hydrogen) atoms. The number of para-hydroxylation sites is 1. The number of aryl methyl sites for hydroxylation is 1. The third-order valence-corrected chi connectivity index (χ3v) is 2.72. The lowest BCUT2D eigenvalue weighted by atomic mass is 10.1. The van der Waals surface area contributed by atoms with Crippen LogP contribution < -0.4 is 0 Å². The van der Waals surface area contributed by atoms with Crippen molar-refractivity contribution in [1.82, 2.24) is 4.98 Å². The van der Waals surface area contributed by atoms with Crippen molar-refractivity contribution in [3.05, 3.63) is 46.6 Å². The predicted octanol–water partition coefficient (Wildman–Crippen LogP) is 3.29. The molecule has 0 aliphatic rings. The highest BCUT2D eigenvalue weighted by Gasteiger charge is 2.04. The first-order valence-electron chi connectivity index (χ1n) is 5.05. The van der Waals surface area contributed by atoms with Gasteiger partial charge in [-0.05, 0) is 30.7 Å². The molecule has 4 heteroatoms. The number of aliphatic carboxylic acids is 1. The lowest BCUT2D eigenvalue weighted by Gasteiger charge is -2.04. The number of aromatic nitrogens is 1. The molecule has 0 aliphatic carbocycles. The van der Waals surface area contributed by atoms with Gasteiger partial charge in [0.2, 0.25) is 0 Å². The Morgan fingerprint density at radius 3 is 2.94 bits per heavy atom. The molecule has 0 unspecified atom stereocenters. The van der Waals surface area contributed by atoms with E-state index in [0.29, 0.717) is 16.2 Å². The fourth-order valence-corrected chi connectivity index (χ4v) is 1.87. The van der Waals surface area contributed by atoms with Crippen LogP contribution in [0, 0.1) is 6.92 Å². The highest BCUT2D eigenvalue weighted by atomic mass is 35.5. The Morgan fingerprint density at radius 2 is 2.24 bits per heavy atom. The molecule has 1 heterocycles. The molecule has 0 atom stereocenters. The summed E-state index contributed by atoms with van der Waals surface area (Å²) in [4.78, 5) is 14.8. The number of carboxylic acids is 1. The monoisotopic (exact) mass is 247 g/mol. The number of pyridine rings is 1. The van der Waals surface area contributed by atoms with Crippen molar-refractivity contribution < 1.29 is 9.90 Å². The van der Waals surface area contributed by atoms with E-state index in [2.05, 4.69) is 4.98 Å². The Morgan fingerprint density at radius 1 is 1.47 bits per heavy atom. The molecule has 0 aliphatic heterocycles. The molecule has 0 radical (unpaired) electrons. The number of nitrogens with zero attached hydrogens (tertiary/aromatic N) is 1. The fourth-order valence-electron chi connectivity index (χ4n) is 1.65. The van der Waals surface area contributed by atoms with Crippen molar-refractivity contribution in [1.29, 1.82) is 0 Å². The summed E-state index contributed by atoms with van der Waals surface area (Å²) in [6.07, 6.45) is 2.52. The minimum absolute atomic E-state index is 0.566. The molecule has 2 rings (SSSR count). The standard InChI is InChI=1S/C13H10ClNO2/c1-8-7-9(5-6-12(16)17)15-13-10(8)3-2-4-11(13)14/h2-7H,1H3,(H,16,17)/b6-5+. The summed E-state index contributed by atoms with van der Waals surface area (Å²) in [5, 5.41) is 10.1. The third kappa shape index (κ3) is 2.45. The van der Waals surface area contributed by atoms with Gasteiger partial charge in [0.25, 0.3) is 0 Å². The number of benzene rings is 1. The lowest BCUT2D eigenvalue weighted by Crippen LogP contribution is -1.90. The van der Waals surface area contributed by atoms with Gasteiger partial charge in [0.1, 0.15) is 0 Å². The van der Waals surface area contributed by atoms with E-state index < -0.39 is 5.97 Å². The first-order valence-corrected chi connectivity index (χ1v) is 5.42. The molecule has 0 fully saturated rings. The van der Waals surface area contributed by atoms with Gasteiger partial charge < -0.3 is 5.11 Å². The fraction of sp³-hybridized carbons (Fsp3) is 0.0769. The summed E-state index contributed by atoms with van der Waals surface area (Å²) < 4.78 is 0. The maximum Gasteiger partial charge on any atom is 0.328 e. The lowest BCUT2D eigenvalue weighted by molar-refractivity contribution is -0.131. The predicted molar refractivity (Wildman–Crippen MR) is 68.2 cm³/mol. The Hall–Kier alpha value is -1.87. The summed E-state index contributed by atoms with van der Waals surface area (Å²) in [7, 11) is 0.